The Morgan fingerprint density at radius 3 is 2.71 bits per heavy atom. The number of thioether (sulfide) groups is 1. The maximum Gasteiger partial charge on any atom is 0.195 e. The summed E-state index contributed by atoms with van der Waals surface area (Å²) in [5.74, 6) is 1.77. The number of hydrogen-bond donors (Lipinski definition) is 0. The molecule has 0 aliphatic heterocycles. The van der Waals surface area contributed by atoms with Crippen LogP contribution in [0.1, 0.15) is 16.7 Å². The van der Waals surface area contributed by atoms with E-state index in [0.29, 0.717) is 6.61 Å². The number of benzene rings is 2. The average Bonchev–Trinajstić information content (AvgIpc) is 3.03. The zero-order valence-electron chi connectivity index (χ0n) is 14.2. The SMILES string of the molecule is Cc1ccc(C)c(OCCSc2nncn2-c2ccccc2C)c1. The number of para-hydroxylation sites is 1. The summed E-state index contributed by atoms with van der Waals surface area (Å²) in [4.78, 5) is 0. The fourth-order valence-electron chi connectivity index (χ4n) is 2.47. The van der Waals surface area contributed by atoms with E-state index in [2.05, 4.69) is 61.3 Å². The van der Waals surface area contributed by atoms with Gasteiger partial charge in [0, 0.05) is 5.75 Å². The molecule has 0 unspecified atom stereocenters. The van der Waals surface area contributed by atoms with Crippen molar-refractivity contribution >= 4 is 11.8 Å². The van der Waals surface area contributed by atoms with Crippen molar-refractivity contribution in [1.29, 1.82) is 0 Å². The molecule has 1 aromatic heterocycles. The van der Waals surface area contributed by atoms with Gasteiger partial charge in [-0.25, -0.2) is 0 Å². The maximum atomic E-state index is 5.91. The van der Waals surface area contributed by atoms with E-state index in [1.54, 1.807) is 18.1 Å². The van der Waals surface area contributed by atoms with Gasteiger partial charge >= 0.3 is 0 Å². The summed E-state index contributed by atoms with van der Waals surface area (Å²) in [5.41, 5.74) is 4.68. The third kappa shape index (κ3) is 3.79. The van der Waals surface area contributed by atoms with Crippen molar-refractivity contribution in [3.05, 3.63) is 65.5 Å². The first-order valence-electron chi connectivity index (χ1n) is 7.94. The second-order valence-corrected chi connectivity index (χ2v) is 6.80. The van der Waals surface area contributed by atoms with Gasteiger partial charge in [-0.15, -0.1) is 10.2 Å². The Labute approximate surface area is 146 Å². The van der Waals surface area contributed by atoms with E-state index in [9.17, 15) is 0 Å². The Kier molecular flexibility index (Phi) is 5.20. The zero-order valence-corrected chi connectivity index (χ0v) is 15.0. The van der Waals surface area contributed by atoms with Crippen LogP contribution in [-0.2, 0) is 0 Å². The van der Waals surface area contributed by atoms with Gasteiger partial charge in [-0.3, -0.25) is 4.57 Å². The molecule has 3 rings (SSSR count). The average molecular weight is 339 g/mol. The zero-order chi connectivity index (χ0) is 16.9. The summed E-state index contributed by atoms with van der Waals surface area (Å²) < 4.78 is 7.93. The van der Waals surface area contributed by atoms with Crippen LogP contribution in [0.4, 0.5) is 0 Å². The molecule has 24 heavy (non-hydrogen) atoms. The first kappa shape index (κ1) is 16.6. The van der Waals surface area contributed by atoms with Crippen molar-refractivity contribution in [2.45, 2.75) is 25.9 Å². The lowest BCUT2D eigenvalue weighted by molar-refractivity contribution is 0.341. The van der Waals surface area contributed by atoms with Crippen molar-refractivity contribution < 1.29 is 4.74 Å². The van der Waals surface area contributed by atoms with E-state index in [0.717, 1.165) is 27.9 Å². The maximum absolute atomic E-state index is 5.91. The molecule has 124 valence electrons. The predicted molar refractivity (Wildman–Crippen MR) is 98.2 cm³/mol. The molecule has 0 aliphatic rings. The van der Waals surface area contributed by atoms with Crippen molar-refractivity contribution in [2.75, 3.05) is 12.4 Å². The van der Waals surface area contributed by atoms with Crippen LogP contribution >= 0.6 is 11.8 Å². The third-order valence-corrected chi connectivity index (χ3v) is 4.71. The lowest BCUT2D eigenvalue weighted by atomic mass is 10.1. The van der Waals surface area contributed by atoms with E-state index >= 15 is 0 Å². The highest BCUT2D eigenvalue weighted by Gasteiger charge is 2.09. The fraction of sp³-hybridized carbons (Fsp3) is 0.263. The molecule has 0 atom stereocenters. The number of rotatable bonds is 6. The van der Waals surface area contributed by atoms with Gasteiger partial charge in [-0.2, -0.15) is 0 Å². The highest BCUT2D eigenvalue weighted by molar-refractivity contribution is 7.99. The second kappa shape index (κ2) is 7.53. The third-order valence-electron chi connectivity index (χ3n) is 3.81. The summed E-state index contributed by atoms with van der Waals surface area (Å²) in [7, 11) is 0. The van der Waals surface area contributed by atoms with Crippen LogP contribution in [0.15, 0.2) is 53.9 Å². The lowest BCUT2D eigenvalue weighted by Gasteiger charge is -2.11. The van der Waals surface area contributed by atoms with Crippen molar-refractivity contribution in [1.82, 2.24) is 14.8 Å². The molecule has 0 aliphatic carbocycles. The van der Waals surface area contributed by atoms with Crippen LogP contribution in [-0.4, -0.2) is 27.1 Å². The van der Waals surface area contributed by atoms with Crippen LogP contribution in [0.2, 0.25) is 0 Å². The van der Waals surface area contributed by atoms with Gasteiger partial charge in [0.25, 0.3) is 0 Å². The molecule has 4 nitrogen and oxygen atoms in total. The van der Waals surface area contributed by atoms with Crippen LogP contribution < -0.4 is 4.74 Å². The smallest absolute Gasteiger partial charge is 0.195 e. The molecule has 0 amide bonds. The minimum absolute atomic E-state index is 0.635. The Bertz CT molecular complexity index is 829. The van der Waals surface area contributed by atoms with Crippen LogP contribution in [0.3, 0.4) is 0 Å². The molecule has 1 heterocycles. The summed E-state index contributed by atoms with van der Waals surface area (Å²) in [5, 5.41) is 9.17. The number of aromatic nitrogens is 3. The summed E-state index contributed by atoms with van der Waals surface area (Å²) in [6.07, 6.45) is 1.76. The molecule has 0 N–H and O–H groups in total. The molecule has 5 heteroatoms. The van der Waals surface area contributed by atoms with Crippen molar-refractivity contribution in [3.8, 4) is 11.4 Å². The number of aryl methyl sites for hydroxylation is 3. The highest BCUT2D eigenvalue weighted by Crippen LogP contribution is 2.23. The first-order valence-corrected chi connectivity index (χ1v) is 8.92. The van der Waals surface area contributed by atoms with Crippen LogP contribution in [0.5, 0.6) is 5.75 Å². The molecule has 0 saturated carbocycles. The van der Waals surface area contributed by atoms with Gasteiger partial charge in [-0.05, 0) is 49.6 Å². The largest absolute Gasteiger partial charge is 0.492 e. The summed E-state index contributed by atoms with van der Waals surface area (Å²) in [6.45, 7) is 6.87. The van der Waals surface area contributed by atoms with Gasteiger partial charge in [0.1, 0.15) is 12.1 Å². The number of hydrogen-bond acceptors (Lipinski definition) is 4. The van der Waals surface area contributed by atoms with Crippen LogP contribution in [0.25, 0.3) is 5.69 Å². The van der Waals surface area contributed by atoms with E-state index in [-0.39, 0.29) is 0 Å². The Balaban J connectivity index is 1.61. The van der Waals surface area contributed by atoms with E-state index in [1.807, 2.05) is 16.7 Å². The van der Waals surface area contributed by atoms with Gasteiger partial charge in [0.15, 0.2) is 5.16 Å². The standard InChI is InChI=1S/C19H21N3OS/c1-14-8-9-16(3)18(12-14)23-10-11-24-19-21-20-13-22(19)17-7-5-4-6-15(17)2/h4-9,12-13H,10-11H2,1-3H3. The molecule has 0 radical (unpaired) electrons. The molecule has 0 bridgehead atoms. The van der Waals surface area contributed by atoms with Gasteiger partial charge in [0.05, 0.1) is 12.3 Å². The second-order valence-electron chi connectivity index (χ2n) is 5.74. The van der Waals surface area contributed by atoms with Crippen molar-refractivity contribution in [3.63, 3.8) is 0 Å². The molecular formula is C19H21N3OS. The Morgan fingerprint density at radius 1 is 1.04 bits per heavy atom. The first-order chi connectivity index (χ1) is 11.6. The molecule has 0 saturated heterocycles. The fourth-order valence-corrected chi connectivity index (χ4v) is 3.21. The van der Waals surface area contributed by atoms with Gasteiger partial charge in [-0.1, -0.05) is 42.1 Å². The van der Waals surface area contributed by atoms with Crippen LogP contribution in [0, 0.1) is 20.8 Å². The van der Waals surface area contributed by atoms with Gasteiger partial charge < -0.3 is 4.74 Å². The Morgan fingerprint density at radius 2 is 1.88 bits per heavy atom. The monoisotopic (exact) mass is 339 g/mol. The minimum atomic E-state index is 0.635. The lowest BCUT2D eigenvalue weighted by Crippen LogP contribution is -2.04. The molecule has 2 aromatic carbocycles. The molecule has 0 spiro atoms. The number of nitrogens with zero attached hydrogens (tertiary/aromatic N) is 3. The normalized spacial score (nSPS) is 10.8. The Hall–Kier alpha value is -2.27. The van der Waals surface area contributed by atoms with E-state index in [1.165, 1.54) is 11.1 Å². The predicted octanol–water partition coefficient (Wildman–Crippen LogP) is 4.36. The van der Waals surface area contributed by atoms with E-state index in [4.69, 9.17) is 4.74 Å². The van der Waals surface area contributed by atoms with Crippen molar-refractivity contribution in [2.24, 2.45) is 0 Å². The molecular weight excluding hydrogens is 318 g/mol. The topological polar surface area (TPSA) is 39.9 Å². The van der Waals surface area contributed by atoms with Gasteiger partial charge in [0.2, 0.25) is 0 Å². The molecule has 0 fully saturated rings. The minimum Gasteiger partial charge on any atom is -0.492 e. The highest BCUT2D eigenvalue weighted by atomic mass is 32.2. The summed E-state index contributed by atoms with van der Waals surface area (Å²) >= 11 is 1.65. The van der Waals surface area contributed by atoms with E-state index < -0.39 is 0 Å². The molecule has 3 aromatic rings. The summed E-state index contributed by atoms with van der Waals surface area (Å²) in [6, 6.07) is 14.5. The number of ether oxygens (including phenoxy) is 1. The quantitative estimate of drug-likeness (QED) is 0.494.